The number of aliphatic hydroxyl groups excluding tert-OH is 1. The average molecular weight is 1440 g/mol. The molecule has 0 saturated carbocycles. The molecule has 0 radical (unpaired) electrons. The van der Waals surface area contributed by atoms with Gasteiger partial charge in [-0.1, -0.05) is 271 Å². The van der Waals surface area contributed by atoms with Gasteiger partial charge in [-0.3, -0.25) is 37.3 Å². The van der Waals surface area contributed by atoms with Gasteiger partial charge in [0.25, 0.3) is 0 Å². The first-order valence-electron chi connectivity index (χ1n) is 38.4. The van der Waals surface area contributed by atoms with Crippen LogP contribution in [0.2, 0.25) is 0 Å². The summed E-state index contributed by atoms with van der Waals surface area (Å²) in [6.07, 6.45) is 80.3. The fourth-order valence-corrected chi connectivity index (χ4v) is 11.4. The second-order valence-electron chi connectivity index (χ2n) is 25.2. The van der Waals surface area contributed by atoms with Crippen molar-refractivity contribution in [3.63, 3.8) is 0 Å². The van der Waals surface area contributed by atoms with Crippen LogP contribution in [0.4, 0.5) is 0 Å². The topological polar surface area (TPSA) is 237 Å². The molecule has 0 rings (SSSR count). The molecule has 5 unspecified atom stereocenters. The van der Waals surface area contributed by atoms with Gasteiger partial charge >= 0.3 is 39.5 Å². The number of carbonyl (C=O) groups excluding carboxylic acids is 4. The van der Waals surface area contributed by atoms with E-state index in [4.69, 9.17) is 37.0 Å². The van der Waals surface area contributed by atoms with Gasteiger partial charge in [0.05, 0.1) is 26.4 Å². The lowest BCUT2D eigenvalue weighted by Crippen LogP contribution is -2.30. The fraction of sp³-hybridized carbons (Fsp3) is 0.679. The molecule has 0 bridgehead atoms. The van der Waals surface area contributed by atoms with Crippen LogP contribution < -0.4 is 0 Å². The summed E-state index contributed by atoms with van der Waals surface area (Å²) < 4.78 is 68.4. The smallest absolute Gasteiger partial charge is 0.462 e. The summed E-state index contributed by atoms with van der Waals surface area (Å²) in [5.74, 6) is -2.29. The highest BCUT2D eigenvalue weighted by Gasteiger charge is 2.30. The van der Waals surface area contributed by atoms with Crippen LogP contribution in [0.15, 0.2) is 134 Å². The highest BCUT2D eigenvalue weighted by atomic mass is 31.2. The number of unbranched alkanes of at least 4 members (excludes halogenated alkanes) is 23. The molecule has 0 amide bonds. The van der Waals surface area contributed by atoms with Gasteiger partial charge in [-0.25, -0.2) is 9.13 Å². The predicted octanol–water partition coefficient (Wildman–Crippen LogP) is 22.1. The van der Waals surface area contributed by atoms with Crippen LogP contribution in [0.3, 0.4) is 0 Å². The van der Waals surface area contributed by atoms with E-state index in [0.717, 1.165) is 148 Å². The van der Waals surface area contributed by atoms with Gasteiger partial charge in [0, 0.05) is 25.7 Å². The number of carbonyl (C=O) groups is 4. The Morgan fingerprint density at radius 1 is 0.290 bits per heavy atom. The lowest BCUT2D eigenvalue weighted by molar-refractivity contribution is -0.161. The summed E-state index contributed by atoms with van der Waals surface area (Å²) in [5.41, 5.74) is 0. The summed E-state index contributed by atoms with van der Waals surface area (Å²) >= 11 is 0. The monoisotopic (exact) mass is 1440 g/mol. The molecule has 0 spiro atoms. The lowest BCUT2D eigenvalue weighted by Gasteiger charge is -2.21. The van der Waals surface area contributed by atoms with E-state index in [1.165, 1.54) is 64.2 Å². The summed E-state index contributed by atoms with van der Waals surface area (Å²) in [7, 11) is -9.98. The molecule has 17 nitrogen and oxygen atoms in total. The maximum atomic E-state index is 13.1. The van der Waals surface area contributed by atoms with Crippen molar-refractivity contribution in [2.24, 2.45) is 0 Å². The fourth-order valence-electron chi connectivity index (χ4n) is 9.81. The number of phosphoric ester groups is 2. The Labute approximate surface area is 605 Å². The van der Waals surface area contributed by atoms with Gasteiger partial charge in [0.2, 0.25) is 0 Å². The van der Waals surface area contributed by atoms with Crippen LogP contribution in [0, 0.1) is 0 Å². The molecule has 0 aliphatic rings. The number of hydrogen-bond acceptors (Lipinski definition) is 15. The van der Waals surface area contributed by atoms with Crippen molar-refractivity contribution in [3.8, 4) is 0 Å². The molecular weight excluding hydrogens is 1310 g/mol. The number of aliphatic hydroxyl groups is 1. The zero-order valence-corrected chi connectivity index (χ0v) is 64.1. The van der Waals surface area contributed by atoms with E-state index in [1.807, 2.05) is 12.2 Å². The summed E-state index contributed by atoms with van der Waals surface area (Å²) in [6, 6.07) is 0. The number of hydrogen-bond donors (Lipinski definition) is 3. The van der Waals surface area contributed by atoms with E-state index in [0.29, 0.717) is 32.1 Å². The molecule has 0 aromatic heterocycles. The van der Waals surface area contributed by atoms with E-state index in [1.54, 1.807) is 0 Å². The van der Waals surface area contributed by atoms with Crippen molar-refractivity contribution in [1.29, 1.82) is 0 Å². The summed E-state index contributed by atoms with van der Waals surface area (Å²) in [4.78, 5) is 72.8. The molecule has 5 atom stereocenters. The Balaban J connectivity index is 5.39. The Morgan fingerprint density at radius 2 is 0.530 bits per heavy atom. The Bertz CT molecular complexity index is 2420. The summed E-state index contributed by atoms with van der Waals surface area (Å²) in [5, 5.41) is 10.6. The minimum Gasteiger partial charge on any atom is -0.462 e. The van der Waals surface area contributed by atoms with Gasteiger partial charge in [-0.15, -0.1) is 0 Å². The highest BCUT2D eigenvalue weighted by molar-refractivity contribution is 7.47. The second kappa shape index (κ2) is 72.5. The van der Waals surface area contributed by atoms with E-state index >= 15 is 0 Å². The van der Waals surface area contributed by atoms with Crippen LogP contribution in [0.1, 0.15) is 297 Å². The van der Waals surface area contributed by atoms with Crippen LogP contribution >= 0.6 is 15.6 Å². The van der Waals surface area contributed by atoms with Crippen LogP contribution in [-0.2, 0) is 65.4 Å². The summed E-state index contributed by atoms with van der Waals surface area (Å²) in [6.45, 7) is 4.51. The lowest BCUT2D eigenvalue weighted by atomic mass is 10.1. The molecule has 572 valence electrons. The Morgan fingerprint density at radius 3 is 0.870 bits per heavy atom. The third-order valence-corrected chi connectivity index (χ3v) is 17.5. The highest BCUT2D eigenvalue weighted by Crippen LogP contribution is 2.45. The van der Waals surface area contributed by atoms with Crippen molar-refractivity contribution >= 4 is 39.5 Å². The van der Waals surface area contributed by atoms with Gasteiger partial charge in [-0.05, 0) is 135 Å². The molecule has 0 aliphatic heterocycles. The van der Waals surface area contributed by atoms with Gasteiger partial charge in [-0.2, -0.15) is 0 Å². The average Bonchev–Trinajstić information content (AvgIpc) is 0.940. The van der Waals surface area contributed by atoms with Crippen LogP contribution in [0.5, 0.6) is 0 Å². The van der Waals surface area contributed by atoms with Crippen molar-refractivity contribution in [1.82, 2.24) is 0 Å². The van der Waals surface area contributed by atoms with Crippen molar-refractivity contribution in [3.05, 3.63) is 134 Å². The Kier molecular flexibility index (Phi) is 69.1. The molecule has 100 heavy (non-hydrogen) atoms. The van der Waals surface area contributed by atoms with Crippen molar-refractivity contribution in [2.75, 3.05) is 39.6 Å². The van der Waals surface area contributed by atoms with E-state index in [9.17, 15) is 43.2 Å². The molecule has 0 aromatic rings. The zero-order chi connectivity index (χ0) is 73.2. The molecule has 0 heterocycles. The van der Waals surface area contributed by atoms with E-state index in [2.05, 4.69) is 149 Å². The van der Waals surface area contributed by atoms with Crippen molar-refractivity contribution < 1.29 is 80.2 Å². The van der Waals surface area contributed by atoms with E-state index in [-0.39, 0.29) is 25.7 Å². The molecule has 0 aromatic carbocycles. The molecule has 0 fully saturated rings. The maximum absolute atomic E-state index is 13.1. The maximum Gasteiger partial charge on any atom is 0.472 e. The number of allylic oxidation sites excluding steroid dienone is 22. The van der Waals surface area contributed by atoms with Crippen molar-refractivity contribution in [2.45, 2.75) is 316 Å². The predicted molar refractivity (Wildman–Crippen MR) is 408 cm³/mol. The first kappa shape index (κ1) is 95.2. The second-order valence-corrected chi connectivity index (χ2v) is 28.1. The molecule has 19 heteroatoms. The first-order chi connectivity index (χ1) is 48.7. The van der Waals surface area contributed by atoms with Gasteiger partial charge in [0.1, 0.15) is 19.3 Å². The minimum atomic E-state index is -4.99. The first-order valence-corrected chi connectivity index (χ1v) is 41.4. The van der Waals surface area contributed by atoms with Gasteiger partial charge in [0.15, 0.2) is 12.2 Å². The normalized spacial score (nSPS) is 14.7. The zero-order valence-electron chi connectivity index (χ0n) is 62.3. The number of esters is 4. The Hall–Kier alpha value is -4.80. The number of phosphoric acid groups is 2. The standard InChI is InChI=1S/C81H136O17P2/c1-5-9-13-17-21-25-29-32-34-36-37-39-41-44-47-50-54-58-62-66-79(84)92-72-77(98-81(86)68-64-60-56-52-48-42-31-27-23-19-15-11-7-3)74-96-100(89,90)94-70-75(82)69-93-99(87,88)95-73-76(97-80(85)67-63-59-55-51-45-28-24-20-16-12-8-4)71-91-78(83)65-61-57-53-49-46-43-40-38-35-33-30-26-22-18-14-10-6-2/h9-10,13-14,21-22,25-27,31-35,37,39-40,43-44,47,49,53,75-77,82H,5-8,11-12,15-20,23-24,28-30,36,38,41-42,45-46,48,50-52,54-74H2,1-4H3,(H,87,88)(H,89,90)/b13-9-,14-10-,25-21-,26-22-,31-27-,34-32-,35-33-,39-37-,43-40-,47-44-,53-49-. The van der Waals surface area contributed by atoms with E-state index < -0.39 is 97.5 Å². The minimum absolute atomic E-state index is 0.0735. The molecule has 0 aliphatic carbocycles. The van der Waals surface area contributed by atoms with Gasteiger partial charge < -0.3 is 33.8 Å². The van der Waals surface area contributed by atoms with Crippen LogP contribution in [0.25, 0.3) is 0 Å². The molecular formula is C81H136O17P2. The quantitative estimate of drug-likeness (QED) is 0.0169. The largest absolute Gasteiger partial charge is 0.472 e. The number of rotatable bonds is 71. The SMILES string of the molecule is CC/C=C\C/C=C\C/C=C\C/C=C\C/C=C\CCCCCC(=O)OCC(COP(=O)(O)OCC(O)COP(=O)(O)OCC(COC(=O)CCC/C=C\C/C=C\C/C=C\C/C=C\C/C=C\CC)OC(=O)CCCCCCCCCCCCC)OC(=O)CCCCCCC/C=C\CCCCCC. The number of ether oxygens (including phenoxy) is 4. The third kappa shape index (κ3) is 71.6. The van der Waals surface area contributed by atoms with Crippen LogP contribution in [-0.4, -0.2) is 96.7 Å². The molecule has 3 N–H and O–H groups in total. The third-order valence-electron chi connectivity index (χ3n) is 15.6. The molecule has 0 saturated heterocycles.